The minimum atomic E-state index is -3.01. The molecule has 0 aromatic heterocycles. The Morgan fingerprint density at radius 2 is 2.10 bits per heavy atom. The molecule has 1 amide bonds. The third kappa shape index (κ3) is 3.77. The van der Waals surface area contributed by atoms with Crippen molar-refractivity contribution in [3.8, 4) is 5.75 Å². The summed E-state index contributed by atoms with van der Waals surface area (Å²) in [5.74, 6) is -0.664. The van der Waals surface area contributed by atoms with Gasteiger partial charge >= 0.3 is 0 Å². The number of nitrogens with one attached hydrogen (secondary N) is 1. The lowest BCUT2D eigenvalue weighted by Gasteiger charge is -2.11. The first kappa shape index (κ1) is 15.4. The summed E-state index contributed by atoms with van der Waals surface area (Å²) in [6.45, 7) is 0. The molecule has 20 heavy (non-hydrogen) atoms. The first-order chi connectivity index (χ1) is 9.27. The number of rotatable bonds is 3. The van der Waals surface area contributed by atoms with E-state index in [9.17, 15) is 18.3 Å². The van der Waals surface area contributed by atoms with Crippen molar-refractivity contribution in [3.05, 3.63) is 22.2 Å². The summed E-state index contributed by atoms with van der Waals surface area (Å²) in [6, 6.07) is 2.74. The van der Waals surface area contributed by atoms with Gasteiger partial charge in [-0.2, -0.15) is 0 Å². The number of carbonyl (C=O) groups excluding carboxylic acids is 1. The number of phenols is 1. The van der Waals surface area contributed by atoms with Crippen molar-refractivity contribution in [2.45, 2.75) is 12.8 Å². The Kier molecular flexibility index (Phi) is 4.46. The van der Waals surface area contributed by atoms with Crippen molar-refractivity contribution in [3.63, 3.8) is 0 Å². The molecule has 110 valence electrons. The number of halogens is 2. The van der Waals surface area contributed by atoms with Crippen molar-refractivity contribution in [1.29, 1.82) is 0 Å². The van der Waals surface area contributed by atoms with E-state index in [1.807, 2.05) is 0 Å². The molecule has 8 heteroatoms. The highest BCUT2D eigenvalue weighted by Crippen LogP contribution is 2.35. The van der Waals surface area contributed by atoms with E-state index in [1.165, 1.54) is 12.1 Å². The van der Waals surface area contributed by atoms with Crippen LogP contribution >= 0.6 is 23.2 Å². The van der Waals surface area contributed by atoms with Gasteiger partial charge in [-0.1, -0.05) is 23.2 Å². The lowest BCUT2D eigenvalue weighted by Crippen LogP contribution is -2.17. The zero-order valence-corrected chi connectivity index (χ0v) is 12.7. The lowest BCUT2D eigenvalue weighted by molar-refractivity contribution is -0.116. The van der Waals surface area contributed by atoms with Crippen LogP contribution in [0.25, 0.3) is 0 Å². The SMILES string of the molecule is O=C(CC1CCS(=O)(=O)C1)Nc1cc(Cl)cc(Cl)c1O. The fraction of sp³-hybridized carbons (Fsp3) is 0.417. The summed E-state index contributed by atoms with van der Waals surface area (Å²) < 4.78 is 22.6. The van der Waals surface area contributed by atoms with E-state index in [-0.39, 0.29) is 51.2 Å². The number of hydrogen-bond donors (Lipinski definition) is 2. The van der Waals surface area contributed by atoms with Gasteiger partial charge in [0.2, 0.25) is 5.91 Å². The molecule has 1 aromatic rings. The van der Waals surface area contributed by atoms with Crippen molar-refractivity contribution >= 4 is 44.6 Å². The Morgan fingerprint density at radius 1 is 1.40 bits per heavy atom. The average Bonchev–Trinajstić information content (AvgIpc) is 2.64. The Hall–Kier alpha value is -0.980. The smallest absolute Gasteiger partial charge is 0.224 e. The van der Waals surface area contributed by atoms with Crippen LogP contribution in [0.1, 0.15) is 12.8 Å². The van der Waals surface area contributed by atoms with E-state index in [4.69, 9.17) is 23.2 Å². The third-order valence-electron chi connectivity index (χ3n) is 3.10. The quantitative estimate of drug-likeness (QED) is 0.830. The summed E-state index contributed by atoms with van der Waals surface area (Å²) in [7, 11) is -3.01. The molecule has 1 aliphatic rings. The highest BCUT2D eigenvalue weighted by Gasteiger charge is 2.29. The molecule has 0 aliphatic carbocycles. The van der Waals surface area contributed by atoms with Gasteiger partial charge in [0.05, 0.1) is 22.2 Å². The number of anilines is 1. The molecule has 1 unspecified atom stereocenters. The number of amides is 1. The van der Waals surface area contributed by atoms with Crippen molar-refractivity contribution in [2.24, 2.45) is 5.92 Å². The molecule has 0 bridgehead atoms. The zero-order valence-electron chi connectivity index (χ0n) is 10.4. The number of benzene rings is 1. The first-order valence-electron chi connectivity index (χ1n) is 5.95. The van der Waals surface area contributed by atoms with Crippen LogP contribution in [0, 0.1) is 5.92 Å². The highest BCUT2D eigenvalue weighted by molar-refractivity contribution is 7.91. The van der Waals surface area contributed by atoms with Crippen molar-refractivity contribution in [1.82, 2.24) is 0 Å². The maximum Gasteiger partial charge on any atom is 0.224 e. The van der Waals surface area contributed by atoms with Crippen molar-refractivity contribution < 1.29 is 18.3 Å². The second-order valence-electron chi connectivity index (χ2n) is 4.81. The molecular formula is C12H13Cl2NO4S. The highest BCUT2D eigenvalue weighted by atomic mass is 35.5. The van der Waals surface area contributed by atoms with Gasteiger partial charge in [-0.3, -0.25) is 4.79 Å². The van der Waals surface area contributed by atoms with Crippen LogP contribution in [0.5, 0.6) is 5.75 Å². The largest absolute Gasteiger partial charge is 0.504 e. The Balaban J connectivity index is 2.02. The molecule has 1 heterocycles. The monoisotopic (exact) mass is 337 g/mol. The van der Waals surface area contributed by atoms with Crippen LogP contribution in [-0.4, -0.2) is 30.9 Å². The molecule has 1 atom stereocenters. The summed E-state index contributed by atoms with van der Waals surface area (Å²) >= 11 is 11.5. The fourth-order valence-corrected chi connectivity index (χ4v) is 4.51. The Bertz CT molecular complexity index is 645. The zero-order chi connectivity index (χ0) is 14.9. The molecule has 5 nitrogen and oxygen atoms in total. The number of sulfone groups is 1. The molecular weight excluding hydrogens is 325 g/mol. The summed E-state index contributed by atoms with van der Waals surface area (Å²) in [4.78, 5) is 11.9. The predicted octanol–water partition coefficient (Wildman–Crippen LogP) is 2.46. The van der Waals surface area contributed by atoms with Crippen molar-refractivity contribution in [2.75, 3.05) is 16.8 Å². The Labute approximate surface area is 126 Å². The summed E-state index contributed by atoms with van der Waals surface area (Å²) in [5.41, 5.74) is 0.119. The first-order valence-corrected chi connectivity index (χ1v) is 8.53. The van der Waals surface area contributed by atoms with Crippen LogP contribution in [0.4, 0.5) is 5.69 Å². The van der Waals surface area contributed by atoms with Gasteiger partial charge in [-0.15, -0.1) is 0 Å². The van der Waals surface area contributed by atoms with E-state index in [0.717, 1.165) is 0 Å². The number of carbonyl (C=O) groups is 1. The third-order valence-corrected chi connectivity index (χ3v) is 5.45. The van der Waals surface area contributed by atoms with Gasteiger partial charge in [0.25, 0.3) is 0 Å². The normalized spacial score (nSPS) is 20.8. The van der Waals surface area contributed by atoms with Gasteiger partial charge in [0.1, 0.15) is 0 Å². The summed E-state index contributed by atoms with van der Waals surface area (Å²) in [5, 5.41) is 12.5. The van der Waals surface area contributed by atoms with Crippen LogP contribution in [-0.2, 0) is 14.6 Å². The van der Waals surface area contributed by atoms with Gasteiger partial charge in [0, 0.05) is 11.4 Å². The molecule has 1 aliphatic heterocycles. The van der Waals surface area contributed by atoms with Gasteiger partial charge < -0.3 is 10.4 Å². The van der Waals surface area contributed by atoms with Gasteiger partial charge in [-0.05, 0) is 24.5 Å². The Morgan fingerprint density at radius 3 is 2.70 bits per heavy atom. The average molecular weight is 338 g/mol. The maximum absolute atomic E-state index is 11.9. The molecule has 1 aromatic carbocycles. The van der Waals surface area contributed by atoms with E-state index >= 15 is 0 Å². The van der Waals surface area contributed by atoms with Crippen LogP contribution in [0.2, 0.25) is 10.0 Å². The number of hydrogen-bond acceptors (Lipinski definition) is 4. The fourth-order valence-electron chi connectivity index (χ4n) is 2.16. The number of phenolic OH excluding ortho intramolecular Hbond substituents is 1. The van der Waals surface area contributed by atoms with Crippen LogP contribution in [0.3, 0.4) is 0 Å². The van der Waals surface area contributed by atoms with E-state index < -0.39 is 9.84 Å². The predicted molar refractivity (Wildman–Crippen MR) is 78.1 cm³/mol. The lowest BCUT2D eigenvalue weighted by atomic mass is 10.0. The molecule has 0 radical (unpaired) electrons. The van der Waals surface area contributed by atoms with E-state index in [0.29, 0.717) is 6.42 Å². The van der Waals surface area contributed by atoms with Gasteiger partial charge in [0.15, 0.2) is 15.6 Å². The topological polar surface area (TPSA) is 83.5 Å². The molecule has 0 spiro atoms. The van der Waals surface area contributed by atoms with Crippen LogP contribution < -0.4 is 5.32 Å². The molecule has 0 saturated carbocycles. The van der Waals surface area contributed by atoms with Gasteiger partial charge in [-0.25, -0.2) is 8.42 Å². The minimum absolute atomic E-state index is 0.0305. The van der Waals surface area contributed by atoms with Crippen LogP contribution in [0.15, 0.2) is 12.1 Å². The molecule has 2 rings (SSSR count). The minimum Gasteiger partial charge on any atom is -0.504 e. The number of aromatic hydroxyl groups is 1. The molecule has 1 fully saturated rings. The standard InChI is InChI=1S/C12H13Cl2NO4S/c13-8-4-9(14)12(17)10(5-8)15-11(16)3-7-1-2-20(18,19)6-7/h4-5,7,17H,1-3,6H2,(H,15,16). The van der Waals surface area contributed by atoms with E-state index in [2.05, 4.69) is 5.32 Å². The maximum atomic E-state index is 11.9. The second-order valence-corrected chi connectivity index (χ2v) is 7.88. The van der Waals surface area contributed by atoms with E-state index in [1.54, 1.807) is 0 Å². The molecule has 1 saturated heterocycles. The summed E-state index contributed by atoms with van der Waals surface area (Å²) in [6.07, 6.45) is 0.570. The molecule has 2 N–H and O–H groups in total. The second kappa shape index (κ2) is 5.79.